The molecule has 0 aromatic carbocycles. The van der Waals surface area contributed by atoms with Crippen LogP contribution in [0.15, 0.2) is 0 Å². The van der Waals surface area contributed by atoms with E-state index in [4.69, 9.17) is 4.74 Å². The Labute approximate surface area is 104 Å². The van der Waals surface area contributed by atoms with Gasteiger partial charge in [0.1, 0.15) is 0 Å². The van der Waals surface area contributed by atoms with E-state index in [-0.39, 0.29) is 5.97 Å². The molecule has 0 aliphatic carbocycles. The number of hydrogen-bond donors (Lipinski definition) is 1. The van der Waals surface area contributed by atoms with Gasteiger partial charge in [-0.25, -0.2) is 0 Å². The van der Waals surface area contributed by atoms with E-state index in [0.29, 0.717) is 6.04 Å². The van der Waals surface area contributed by atoms with Crippen molar-refractivity contribution in [3.8, 4) is 0 Å². The Morgan fingerprint density at radius 2 is 2.18 bits per heavy atom. The quantitative estimate of drug-likeness (QED) is 0.738. The number of nitrogens with zero attached hydrogens (tertiary/aromatic N) is 1. The molecule has 2 rings (SSSR count). The largest absolute Gasteiger partial charge is 0.469 e. The molecule has 0 aromatic rings. The summed E-state index contributed by atoms with van der Waals surface area (Å²) in [5.41, 5.74) is -0.408. The van der Waals surface area contributed by atoms with Gasteiger partial charge in [-0.15, -0.1) is 0 Å². The number of ether oxygens (including phenoxy) is 1. The van der Waals surface area contributed by atoms with E-state index < -0.39 is 5.41 Å². The summed E-state index contributed by atoms with van der Waals surface area (Å²) < 4.78 is 4.88. The van der Waals surface area contributed by atoms with E-state index >= 15 is 0 Å². The Kier molecular flexibility index (Phi) is 3.46. The molecule has 0 spiro atoms. The van der Waals surface area contributed by atoms with E-state index in [1.165, 1.54) is 7.11 Å². The molecule has 98 valence electrons. The average molecular weight is 240 g/mol. The fourth-order valence-electron chi connectivity index (χ4n) is 3.31. The van der Waals surface area contributed by atoms with Crippen LogP contribution in [0.3, 0.4) is 0 Å². The van der Waals surface area contributed by atoms with Gasteiger partial charge in [-0.3, -0.25) is 9.69 Å². The Balaban J connectivity index is 1.98. The number of carbonyl (C=O) groups is 1. The molecule has 0 bridgehead atoms. The van der Waals surface area contributed by atoms with E-state index in [9.17, 15) is 4.79 Å². The number of rotatable bonds is 3. The maximum Gasteiger partial charge on any atom is 0.312 e. The molecule has 2 heterocycles. The molecule has 0 amide bonds. The molecule has 0 aromatic heterocycles. The van der Waals surface area contributed by atoms with Gasteiger partial charge in [0.2, 0.25) is 0 Å². The van der Waals surface area contributed by atoms with E-state index in [2.05, 4.69) is 17.1 Å². The summed E-state index contributed by atoms with van der Waals surface area (Å²) in [6, 6.07) is 0.568. The topological polar surface area (TPSA) is 41.6 Å². The van der Waals surface area contributed by atoms with Crippen LogP contribution < -0.4 is 5.32 Å². The molecule has 4 heteroatoms. The zero-order valence-electron chi connectivity index (χ0n) is 11.3. The highest BCUT2D eigenvalue weighted by Crippen LogP contribution is 2.34. The van der Waals surface area contributed by atoms with Crippen molar-refractivity contribution in [3.05, 3.63) is 0 Å². The lowest BCUT2D eigenvalue weighted by Crippen LogP contribution is -2.43. The highest BCUT2D eigenvalue weighted by atomic mass is 16.5. The van der Waals surface area contributed by atoms with Crippen molar-refractivity contribution in [3.63, 3.8) is 0 Å². The molecule has 4 nitrogen and oxygen atoms in total. The molecule has 2 saturated heterocycles. The van der Waals surface area contributed by atoms with Crippen molar-refractivity contribution in [2.24, 2.45) is 17.3 Å². The number of hydrogen-bond acceptors (Lipinski definition) is 4. The first-order valence-electron chi connectivity index (χ1n) is 6.49. The lowest BCUT2D eigenvalue weighted by molar-refractivity contribution is -0.152. The average Bonchev–Trinajstić information content (AvgIpc) is 2.82. The second kappa shape index (κ2) is 4.58. The van der Waals surface area contributed by atoms with Crippen LogP contribution in [0.2, 0.25) is 0 Å². The van der Waals surface area contributed by atoms with Gasteiger partial charge in [0, 0.05) is 19.1 Å². The van der Waals surface area contributed by atoms with Gasteiger partial charge in [0.05, 0.1) is 12.5 Å². The third kappa shape index (κ3) is 2.33. The van der Waals surface area contributed by atoms with Crippen molar-refractivity contribution in [2.45, 2.75) is 26.8 Å². The van der Waals surface area contributed by atoms with Crippen molar-refractivity contribution in [1.82, 2.24) is 10.2 Å². The number of fused-ring (bicyclic) bond motifs is 1. The smallest absolute Gasteiger partial charge is 0.312 e. The maximum absolute atomic E-state index is 11.7. The fraction of sp³-hybridized carbons (Fsp3) is 0.923. The minimum absolute atomic E-state index is 0.111. The molecule has 3 unspecified atom stereocenters. The van der Waals surface area contributed by atoms with Gasteiger partial charge in [-0.05, 0) is 45.7 Å². The van der Waals surface area contributed by atoms with Gasteiger partial charge in [-0.1, -0.05) is 0 Å². The summed E-state index contributed by atoms with van der Waals surface area (Å²) in [5.74, 6) is 1.40. The first-order valence-corrected chi connectivity index (χ1v) is 6.49. The summed E-state index contributed by atoms with van der Waals surface area (Å²) in [7, 11) is 1.47. The zero-order chi connectivity index (χ0) is 12.6. The Morgan fingerprint density at radius 3 is 2.76 bits per heavy atom. The SMILES string of the molecule is COC(=O)C(C)(C)CN1CC2CNCC2C1C. The third-order valence-electron chi connectivity index (χ3n) is 4.39. The van der Waals surface area contributed by atoms with Crippen LogP contribution in [0.25, 0.3) is 0 Å². The molecular formula is C13H24N2O2. The summed E-state index contributed by atoms with van der Waals surface area (Å²) >= 11 is 0. The molecule has 1 N–H and O–H groups in total. The minimum atomic E-state index is -0.408. The van der Waals surface area contributed by atoms with Crippen LogP contribution in [0, 0.1) is 17.3 Å². The Bertz CT molecular complexity index is 304. The summed E-state index contributed by atoms with van der Waals surface area (Å²) in [6.07, 6.45) is 0. The van der Waals surface area contributed by atoms with Gasteiger partial charge >= 0.3 is 5.97 Å². The van der Waals surface area contributed by atoms with Gasteiger partial charge in [0.25, 0.3) is 0 Å². The molecular weight excluding hydrogens is 216 g/mol. The Hall–Kier alpha value is -0.610. The molecule has 0 radical (unpaired) electrons. The van der Waals surface area contributed by atoms with Crippen molar-refractivity contribution in [1.29, 1.82) is 0 Å². The molecule has 2 aliphatic rings. The van der Waals surface area contributed by atoms with Crippen LogP contribution >= 0.6 is 0 Å². The molecule has 2 aliphatic heterocycles. The number of likely N-dealkylation sites (tertiary alicyclic amines) is 1. The monoisotopic (exact) mass is 240 g/mol. The highest BCUT2D eigenvalue weighted by molar-refractivity contribution is 5.76. The van der Waals surface area contributed by atoms with Crippen LogP contribution in [-0.4, -0.2) is 50.2 Å². The zero-order valence-corrected chi connectivity index (χ0v) is 11.3. The van der Waals surface area contributed by atoms with Crippen LogP contribution in [-0.2, 0) is 9.53 Å². The molecule has 0 saturated carbocycles. The number of nitrogens with one attached hydrogen (secondary N) is 1. The van der Waals surface area contributed by atoms with E-state index in [1.807, 2.05) is 13.8 Å². The predicted molar refractivity (Wildman–Crippen MR) is 66.7 cm³/mol. The second-order valence-electron chi connectivity index (χ2n) is 6.13. The summed E-state index contributed by atoms with van der Waals surface area (Å²) in [6.45, 7) is 10.4. The van der Waals surface area contributed by atoms with Crippen molar-refractivity contribution >= 4 is 5.97 Å². The van der Waals surface area contributed by atoms with Crippen LogP contribution in [0.4, 0.5) is 0 Å². The van der Waals surface area contributed by atoms with Crippen LogP contribution in [0.1, 0.15) is 20.8 Å². The van der Waals surface area contributed by atoms with E-state index in [1.54, 1.807) is 0 Å². The molecule has 2 fully saturated rings. The predicted octanol–water partition coefficient (Wildman–Crippen LogP) is 0.725. The van der Waals surface area contributed by atoms with Gasteiger partial charge in [0.15, 0.2) is 0 Å². The lowest BCUT2D eigenvalue weighted by Gasteiger charge is -2.31. The standard InChI is InChI=1S/C13H24N2O2/c1-9-11-6-14-5-10(11)7-15(9)8-13(2,3)12(16)17-4/h9-11,14H,5-8H2,1-4H3. The van der Waals surface area contributed by atoms with Crippen LogP contribution in [0.5, 0.6) is 0 Å². The highest BCUT2D eigenvalue weighted by Gasteiger charge is 2.44. The third-order valence-corrected chi connectivity index (χ3v) is 4.39. The maximum atomic E-state index is 11.7. The summed E-state index contributed by atoms with van der Waals surface area (Å²) in [4.78, 5) is 14.2. The minimum Gasteiger partial charge on any atom is -0.469 e. The summed E-state index contributed by atoms with van der Waals surface area (Å²) in [5, 5.41) is 3.45. The van der Waals surface area contributed by atoms with Crippen molar-refractivity contribution in [2.75, 3.05) is 33.3 Å². The molecule has 17 heavy (non-hydrogen) atoms. The molecule has 3 atom stereocenters. The van der Waals surface area contributed by atoms with Gasteiger partial charge < -0.3 is 10.1 Å². The number of carbonyl (C=O) groups excluding carboxylic acids is 1. The van der Waals surface area contributed by atoms with Gasteiger partial charge in [-0.2, -0.15) is 0 Å². The Morgan fingerprint density at radius 1 is 1.47 bits per heavy atom. The van der Waals surface area contributed by atoms with E-state index in [0.717, 1.165) is 38.0 Å². The first kappa shape index (κ1) is 12.8. The first-order chi connectivity index (χ1) is 7.95. The number of methoxy groups -OCH3 is 1. The van der Waals surface area contributed by atoms with Crippen molar-refractivity contribution < 1.29 is 9.53 Å². The fourth-order valence-corrected chi connectivity index (χ4v) is 3.31. The number of esters is 1. The second-order valence-corrected chi connectivity index (χ2v) is 6.13. The lowest BCUT2D eigenvalue weighted by atomic mass is 9.92. The normalized spacial score (nSPS) is 33.8.